The highest BCUT2D eigenvalue weighted by Gasteiger charge is 2.24. The summed E-state index contributed by atoms with van der Waals surface area (Å²) in [6.07, 6.45) is 2.06. The molecule has 1 rings (SSSR count). The van der Waals surface area contributed by atoms with Gasteiger partial charge in [0.15, 0.2) is 0 Å². The molecule has 1 amide bonds. The molecule has 5 nitrogen and oxygen atoms in total. The van der Waals surface area contributed by atoms with Crippen LogP contribution in [0.15, 0.2) is 0 Å². The molecule has 2 atom stereocenters. The maximum absolute atomic E-state index is 11.3. The predicted octanol–water partition coefficient (Wildman–Crippen LogP) is -0.712. The number of hydrogen-bond donors (Lipinski definition) is 3. The van der Waals surface area contributed by atoms with E-state index in [-0.39, 0.29) is 18.7 Å². The number of aliphatic hydroxyl groups excluding tert-OH is 2. The molecule has 0 aromatic carbocycles. The summed E-state index contributed by atoms with van der Waals surface area (Å²) in [7, 11) is 0. The molecule has 1 heterocycles. The van der Waals surface area contributed by atoms with Gasteiger partial charge >= 0.3 is 0 Å². The number of nitrogens with zero attached hydrogens (tertiary/aromatic N) is 1. The van der Waals surface area contributed by atoms with Crippen molar-refractivity contribution in [3.8, 4) is 0 Å². The van der Waals surface area contributed by atoms with Crippen molar-refractivity contribution in [1.82, 2.24) is 10.2 Å². The molecule has 1 aliphatic rings. The van der Waals surface area contributed by atoms with Gasteiger partial charge in [-0.3, -0.25) is 9.69 Å². The second kappa shape index (κ2) is 6.05. The first-order chi connectivity index (χ1) is 7.15. The Balaban J connectivity index is 2.45. The molecule has 0 saturated carbocycles. The molecule has 15 heavy (non-hydrogen) atoms. The number of rotatable bonds is 4. The fraction of sp³-hybridized carbons (Fsp3) is 0.900. The van der Waals surface area contributed by atoms with E-state index in [9.17, 15) is 4.79 Å². The lowest BCUT2D eigenvalue weighted by molar-refractivity contribution is -0.131. The number of likely N-dealkylation sites (tertiary alicyclic amines) is 1. The van der Waals surface area contributed by atoms with E-state index in [2.05, 4.69) is 5.32 Å². The molecule has 1 fully saturated rings. The molecule has 3 N–H and O–H groups in total. The molecule has 0 spiro atoms. The van der Waals surface area contributed by atoms with E-state index in [1.807, 2.05) is 4.90 Å². The Morgan fingerprint density at radius 3 is 2.93 bits per heavy atom. The number of aliphatic hydroxyl groups is 2. The van der Waals surface area contributed by atoms with E-state index in [0.717, 1.165) is 25.8 Å². The Labute approximate surface area is 90.1 Å². The van der Waals surface area contributed by atoms with E-state index in [1.54, 1.807) is 0 Å². The first kappa shape index (κ1) is 12.4. The maximum atomic E-state index is 11.3. The van der Waals surface area contributed by atoms with Crippen molar-refractivity contribution in [3.05, 3.63) is 0 Å². The molecule has 5 heteroatoms. The monoisotopic (exact) mass is 216 g/mol. The summed E-state index contributed by atoms with van der Waals surface area (Å²) >= 11 is 0. The van der Waals surface area contributed by atoms with E-state index in [1.165, 1.54) is 6.92 Å². The van der Waals surface area contributed by atoms with Crippen LogP contribution in [0, 0.1) is 0 Å². The van der Waals surface area contributed by atoms with E-state index in [4.69, 9.17) is 10.2 Å². The smallest absolute Gasteiger partial charge is 0.249 e. The third-order valence-electron chi connectivity index (χ3n) is 2.69. The van der Waals surface area contributed by atoms with Gasteiger partial charge in [-0.05, 0) is 26.2 Å². The molecule has 0 aromatic rings. The minimum absolute atomic E-state index is 0.0343. The molecule has 2 unspecified atom stereocenters. The number of β-amino-alcohol motifs (C(OH)–C–C–N with tert-alkyl or cyclic N) is 1. The van der Waals surface area contributed by atoms with Gasteiger partial charge in [-0.1, -0.05) is 0 Å². The minimum Gasteiger partial charge on any atom is -0.395 e. The van der Waals surface area contributed by atoms with Crippen LogP contribution in [-0.2, 0) is 4.79 Å². The van der Waals surface area contributed by atoms with Gasteiger partial charge in [0, 0.05) is 13.1 Å². The topological polar surface area (TPSA) is 72.8 Å². The highest BCUT2D eigenvalue weighted by atomic mass is 16.3. The lowest BCUT2D eigenvalue weighted by atomic mass is 10.1. The average Bonchev–Trinajstić information content (AvgIpc) is 2.21. The van der Waals surface area contributed by atoms with Crippen molar-refractivity contribution in [2.24, 2.45) is 0 Å². The molecule has 0 aliphatic carbocycles. The zero-order valence-corrected chi connectivity index (χ0v) is 9.15. The highest BCUT2D eigenvalue weighted by Crippen LogP contribution is 2.14. The van der Waals surface area contributed by atoms with Crippen molar-refractivity contribution in [2.75, 3.05) is 19.7 Å². The summed E-state index contributed by atoms with van der Waals surface area (Å²) in [5.41, 5.74) is 0. The van der Waals surface area contributed by atoms with Crippen LogP contribution in [0.25, 0.3) is 0 Å². The van der Waals surface area contributed by atoms with Gasteiger partial charge in [-0.15, -0.1) is 0 Å². The number of piperidine rings is 1. The Hall–Kier alpha value is -0.650. The average molecular weight is 216 g/mol. The lowest BCUT2D eigenvalue weighted by Crippen LogP contribution is -2.53. The molecule has 88 valence electrons. The van der Waals surface area contributed by atoms with Crippen LogP contribution in [0.2, 0.25) is 0 Å². The molecule has 1 aliphatic heterocycles. The molecular weight excluding hydrogens is 196 g/mol. The van der Waals surface area contributed by atoms with Crippen LogP contribution in [-0.4, -0.2) is 53.0 Å². The number of amides is 1. The maximum Gasteiger partial charge on any atom is 0.249 e. The Morgan fingerprint density at radius 2 is 2.33 bits per heavy atom. The zero-order chi connectivity index (χ0) is 11.3. The largest absolute Gasteiger partial charge is 0.395 e. The van der Waals surface area contributed by atoms with Crippen molar-refractivity contribution < 1.29 is 15.0 Å². The summed E-state index contributed by atoms with van der Waals surface area (Å²) < 4.78 is 0. The molecule has 0 radical (unpaired) electrons. The van der Waals surface area contributed by atoms with Crippen molar-refractivity contribution in [2.45, 2.75) is 38.5 Å². The van der Waals surface area contributed by atoms with Crippen molar-refractivity contribution in [3.63, 3.8) is 0 Å². The molecule has 1 saturated heterocycles. The first-order valence-corrected chi connectivity index (χ1v) is 5.48. The second-order valence-electron chi connectivity index (χ2n) is 3.96. The predicted molar refractivity (Wildman–Crippen MR) is 56.1 cm³/mol. The van der Waals surface area contributed by atoms with Crippen molar-refractivity contribution in [1.29, 1.82) is 0 Å². The van der Waals surface area contributed by atoms with Crippen LogP contribution < -0.4 is 5.32 Å². The van der Waals surface area contributed by atoms with E-state index in [0.29, 0.717) is 6.54 Å². The summed E-state index contributed by atoms with van der Waals surface area (Å²) in [6.45, 7) is 3.02. The van der Waals surface area contributed by atoms with Crippen LogP contribution >= 0.6 is 0 Å². The second-order valence-corrected chi connectivity index (χ2v) is 3.96. The third kappa shape index (κ3) is 3.77. The van der Waals surface area contributed by atoms with E-state index >= 15 is 0 Å². The molecular formula is C10H20N2O3. The SMILES string of the molecule is CC(O)C(=O)NC1CCCCN1CCO. The summed E-state index contributed by atoms with van der Waals surface area (Å²) in [6, 6.07) is 0. The highest BCUT2D eigenvalue weighted by molar-refractivity contribution is 5.80. The number of nitrogens with one attached hydrogen (secondary N) is 1. The number of carbonyl (C=O) groups is 1. The van der Waals surface area contributed by atoms with Gasteiger partial charge in [0.25, 0.3) is 0 Å². The van der Waals surface area contributed by atoms with Gasteiger partial charge in [0.05, 0.1) is 12.8 Å². The van der Waals surface area contributed by atoms with Crippen molar-refractivity contribution >= 4 is 5.91 Å². The lowest BCUT2D eigenvalue weighted by Gasteiger charge is -2.35. The molecule has 0 aromatic heterocycles. The first-order valence-electron chi connectivity index (χ1n) is 5.48. The quantitative estimate of drug-likeness (QED) is 0.580. The van der Waals surface area contributed by atoms with Gasteiger partial charge in [-0.2, -0.15) is 0 Å². The van der Waals surface area contributed by atoms with Gasteiger partial charge in [0.2, 0.25) is 5.91 Å². The molecule has 0 bridgehead atoms. The Morgan fingerprint density at radius 1 is 1.60 bits per heavy atom. The summed E-state index contributed by atoms with van der Waals surface area (Å²) in [4.78, 5) is 13.4. The van der Waals surface area contributed by atoms with Crippen LogP contribution in [0.4, 0.5) is 0 Å². The number of hydrogen-bond acceptors (Lipinski definition) is 4. The van der Waals surface area contributed by atoms with Crippen LogP contribution in [0.1, 0.15) is 26.2 Å². The summed E-state index contributed by atoms with van der Waals surface area (Å²) in [5.74, 6) is -0.343. The standard InChI is InChI=1S/C10H20N2O3/c1-8(14)10(15)11-9-4-2-3-5-12(9)6-7-13/h8-9,13-14H,2-7H2,1H3,(H,11,15). The normalized spacial score (nSPS) is 24.9. The third-order valence-corrected chi connectivity index (χ3v) is 2.69. The van der Waals surface area contributed by atoms with Gasteiger partial charge < -0.3 is 15.5 Å². The van der Waals surface area contributed by atoms with Gasteiger partial charge in [0.1, 0.15) is 6.10 Å². The Kier molecular flexibility index (Phi) is 5.01. The zero-order valence-electron chi connectivity index (χ0n) is 9.15. The number of carbonyl (C=O) groups excluding carboxylic acids is 1. The minimum atomic E-state index is -0.970. The fourth-order valence-corrected chi connectivity index (χ4v) is 1.84. The van der Waals surface area contributed by atoms with E-state index < -0.39 is 6.10 Å². The van der Waals surface area contributed by atoms with Crippen LogP contribution in [0.3, 0.4) is 0 Å². The van der Waals surface area contributed by atoms with Gasteiger partial charge in [-0.25, -0.2) is 0 Å². The van der Waals surface area contributed by atoms with Crippen LogP contribution in [0.5, 0.6) is 0 Å². The Bertz CT molecular complexity index is 207. The fourth-order valence-electron chi connectivity index (χ4n) is 1.84. The summed E-state index contributed by atoms with van der Waals surface area (Å²) in [5, 5.41) is 20.7.